The largest absolute Gasteiger partial charge is 0.377 e. The van der Waals surface area contributed by atoms with Gasteiger partial charge in [-0.3, -0.25) is 5.32 Å². The molecule has 0 aromatic rings. The highest BCUT2D eigenvalue weighted by Gasteiger charge is 2.44. The Morgan fingerprint density at radius 1 is 1.18 bits per heavy atom. The van der Waals surface area contributed by atoms with Crippen LogP contribution in [0.1, 0.15) is 13.8 Å². The summed E-state index contributed by atoms with van der Waals surface area (Å²) in [6.45, 7) is 8.27. The fourth-order valence-electron chi connectivity index (χ4n) is 1.94. The van der Waals surface area contributed by atoms with Gasteiger partial charge < -0.3 is 10.1 Å². The Kier molecular flexibility index (Phi) is 1.50. The lowest BCUT2D eigenvalue weighted by Gasteiger charge is -2.51. The van der Waals surface area contributed by atoms with Gasteiger partial charge in [0, 0.05) is 18.6 Å². The first-order chi connectivity index (χ1) is 5.12. The molecule has 11 heavy (non-hydrogen) atoms. The summed E-state index contributed by atoms with van der Waals surface area (Å²) in [6, 6.07) is 0. The highest BCUT2D eigenvalue weighted by molar-refractivity contribution is 5.05. The van der Waals surface area contributed by atoms with Crippen LogP contribution in [0.2, 0.25) is 0 Å². The number of hydrogen-bond donors (Lipinski definition) is 2. The van der Waals surface area contributed by atoms with Crippen LogP contribution in [0.3, 0.4) is 0 Å². The van der Waals surface area contributed by atoms with Gasteiger partial charge in [-0.1, -0.05) is 0 Å². The fraction of sp³-hybridized carbons (Fsp3) is 1.00. The third-order valence-electron chi connectivity index (χ3n) is 2.39. The van der Waals surface area contributed by atoms with Gasteiger partial charge in [0.2, 0.25) is 0 Å². The quantitative estimate of drug-likeness (QED) is 0.506. The van der Waals surface area contributed by atoms with E-state index in [2.05, 4.69) is 24.5 Å². The zero-order chi connectivity index (χ0) is 7.95. The summed E-state index contributed by atoms with van der Waals surface area (Å²) in [6.07, 6.45) is 0. The third kappa shape index (κ3) is 1.28. The number of hydrogen-bond acceptors (Lipinski definition) is 3. The Hall–Kier alpha value is -0.120. The number of piperazine rings is 1. The van der Waals surface area contributed by atoms with Gasteiger partial charge in [0.1, 0.15) is 0 Å². The van der Waals surface area contributed by atoms with Crippen molar-refractivity contribution >= 4 is 0 Å². The second kappa shape index (κ2) is 2.19. The van der Waals surface area contributed by atoms with E-state index in [0.717, 1.165) is 26.3 Å². The molecule has 2 N–H and O–H groups in total. The number of nitrogens with one attached hydrogen (secondary N) is 2. The van der Waals surface area contributed by atoms with Crippen LogP contribution in [-0.2, 0) is 4.74 Å². The molecule has 0 aromatic heterocycles. The lowest BCUT2D eigenvalue weighted by Crippen LogP contribution is -2.75. The van der Waals surface area contributed by atoms with E-state index in [1.807, 2.05) is 0 Å². The number of ether oxygens (including phenoxy) is 1. The van der Waals surface area contributed by atoms with Crippen LogP contribution in [0.4, 0.5) is 0 Å². The molecule has 2 rings (SSSR count). The molecule has 2 aliphatic heterocycles. The first-order valence-electron chi connectivity index (χ1n) is 4.20. The molecule has 2 saturated heterocycles. The van der Waals surface area contributed by atoms with Crippen molar-refractivity contribution in [2.24, 2.45) is 0 Å². The van der Waals surface area contributed by atoms with Gasteiger partial charge in [-0.05, 0) is 13.8 Å². The lowest BCUT2D eigenvalue weighted by atomic mass is 9.88. The molecule has 0 aromatic carbocycles. The van der Waals surface area contributed by atoms with E-state index in [-0.39, 0.29) is 11.1 Å². The van der Waals surface area contributed by atoms with E-state index in [1.165, 1.54) is 0 Å². The normalized spacial score (nSPS) is 33.3. The summed E-state index contributed by atoms with van der Waals surface area (Å²) in [4.78, 5) is 0. The monoisotopic (exact) mass is 156 g/mol. The van der Waals surface area contributed by atoms with Crippen LogP contribution in [0.25, 0.3) is 0 Å². The molecule has 64 valence electrons. The van der Waals surface area contributed by atoms with E-state index in [4.69, 9.17) is 4.74 Å². The molecule has 1 spiro atoms. The molecule has 0 radical (unpaired) electrons. The van der Waals surface area contributed by atoms with E-state index < -0.39 is 0 Å². The Balaban J connectivity index is 2.03. The number of rotatable bonds is 0. The highest BCUT2D eigenvalue weighted by Crippen LogP contribution is 2.22. The second-order valence-electron chi connectivity index (χ2n) is 4.39. The van der Waals surface area contributed by atoms with E-state index in [9.17, 15) is 0 Å². The van der Waals surface area contributed by atoms with E-state index in [1.54, 1.807) is 0 Å². The summed E-state index contributed by atoms with van der Waals surface area (Å²) >= 11 is 0. The van der Waals surface area contributed by atoms with Crippen LogP contribution in [-0.4, -0.2) is 37.4 Å². The van der Waals surface area contributed by atoms with Crippen molar-refractivity contribution in [2.75, 3.05) is 26.3 Å². The van der Waals surface area contributed by atoms with Gasteiger partial charge in [0.15, 0.2) is 0 Å². The minimum atomic E-state index is 0.224. The summed E-state index contributed by atoms with van der Waals surface area (Å²) in [5.74, 6) is 0. The maximum atomic E-state index is 5.21. The van der Waals surface area contributed by atoms with Gasteiger partial charge in [-0.2, -0.15) is 0 Å². The maximum absolute atomic E-state index is 5.21. The average Bonchev–Trinajstić information content (AvgIpc) is 1.82. The van der Waals surface area contributed by atoms with E-state index >= 15 is 0 Å². The summed E-state index contributed by atoms with van der Waals surface area (Å²) in [5.41, 5.74) is 0.476. The van der Waals surface area contributed by atoms with Crippen LogP contribution in [0, 0.1) is 0 Å². The molecule has 0 atom stereocenters. The molecular weight excluding hydrogens is 140 g/mol. The van der Waals surface area contributed by atoms with Crippen LogP contribution in [0.15, 0.2) is 0 Å². The van der Waals surface area contributed by atoms with Crippen LogP contribution in [0.5, 0.6) is 0 Å². The maximum Gasteiger partial charge on any atom is 0.0784 e. The minimum Gasteiger partial charge on any atom is -0.377 e. The van der Waals surface area contributed by atoms with Crippen molar-refractivity contribution in [1.29, 1.82) is 0 Å². The van der Waals surface area contributed by atoms with Crippen molar-refractivity contribution in [1.82, 2.24) is 10.6 Å². The molecule has 0 aliphatic carbocycles. The Labute approximate surface area is 67.5 Å². The van der Waals surface area contributed by atoms with E-state index in [0.29, 0.717) is 0 Å². The molecule has 0 amide bonds. The van der Waals surface area contributed by atoms with Crippen molar-refractivity contribution in [2.45, 2.75) is 24.9 Å². The van der Waals surface area contributed by atoms with Gasteiger partial charge in [-0.15, -0.1) is 0 Å². The molecule has 0 saturated carbocycles. The molecule has 3 heteroatoms. The lowest BCUT2D eigenvalue weighted by molar-refractivity contribution is -0.0951. The molecule has 0 bridgehead atoms. The van der Waals surface area contributed by atoms with Gasteiger partial charge >= 0.3 is 0 Å². The molecule has 3 nitrogen and oxygen atoms in total. The summed E-state index contributed by atoms with van der Waals surface area (Å²) in [7, 11) is 0. The SMILES string of the molecule is CC1(C)CNCC2(COC2)N1. The molecule has 2 fully saturated rings. The predicted molar refractivity (Wildman–Crippen MR) is 43.6 cm³/mol. The third-order valence-corrected chi connectivity index (χ3v) is 2.39. The summed E-state index contributed by atoms with van der Waals surface area (Å²) in [5, 5.41) is 7.04. The van der Waals surface area contributed by atoms with Gasteiger partial charge in [0.25, 0.3) is 0 Å². The van der Waals surface area contributed by atoms with Crippen molar-refractivity contribution in [3.8, 4) is 0 Å². The zero-order valence-corrected chi connectivity index (χ0v) is 7.24. The van der Waals surface area contributed by atoms with Crippen LogP contribution >= 0.6 is 0 Å². The van der Waals surface area contributed by atoms with Crippen molar-refractivity contribution in [3.63, 3.8) is 0 Å². The van der Waals surface area contributed by atoms with Crippen molar-refractivity contribution in [3.05, 3.63) is 0 Å². The van der Waals surface area contributed by atoms with Gasteiger partial charge in [-0.25, -0.2) is 0 Å². The predicted octanol–water partition coefficient (Wildman–Crippen LogP) is -0.273. The first-order valence-corrected chi connectivity index (χ1v) is 4.20. The van der Waals surface area contributed by atoms with Crippen molar-refractivity contribution < 1.29 is 4.74 Å². The molecule has 2 heterocycles. The standard InChI is InChI=1S/C8H16N2O/c1-7(2)3-9-4-8(10-7)5-11-6-8/h9-10H,3-6H2,1-2H3. The second-order valence-corrected chi connectivity index (χ2v) is 4.39. The Morgan fingerprint density at radius 2 is 1.91 bits per heavy atom. The highest BCUT2D eigenvalue weighted by atomic mass is 16.5. The first kappa shape index (κ1) is 7.53. The molecule has 0 unspecified atom stereocenters. The summed E-state index contributed by atoms with van der Waals surface area (Å²) < 4.78 is 5.21. The van der Waals surface area contributed by atoms with Gasteiger partial charge in [0.05, 0.1) is 18.8 Å². The average molecular weight is 156 g/mol. The topological polar surface area (TPSA) is 33.3 Å². The zero-order valence-electron chi connectivity index (χ0n) is 7.24. The molecule has 2 aliphatic rings. The Morgan fingerprint density at radius 3 is 2.27 bits per heavy atom. The minimum absolute atomic E-state index is 0.224. The smallest absolute Gasteiger partial charge is 0.0784 e. The fourth-order valence-corrected chi connectivity index (χ4v) is 1.94. The van der Waals surface area contributed by atoms with Crippen LogP contribution < -0.4 is 10.6 Å². The Bertz CT molecular complexity index is 163. The molecular formula is C8H16N2O.